The number of Topliss-reactive ketones (excluding diaryl/α,β-unsaturated/α-hetero) is 2. The van der Waals surface area contributed by atoms with Gasteiger partial charge < -0.3 is 0 Å². The second-order valence-corrected chi connectivity index (χ2v) is 10.2. The largest absolute Gasteiger partial charge is 0.300 e. The maximum absolute atomic E-state index is 13.9. The number of carbonyl (C=O) groups excluding carboxylic acids is 2. The lowest BCUT2D eigenvalue weighted by Gasteiger charge is -2.22. The molecule has 3 heteroatoms. The van der Waals surface area contributed by atoms with Crippen molar-refractivity contribution in [3.8, 4) is 0 Å². The van der Waals surface area contributed by atoms with Crippen LogP contribution in [-0.2, 0) is 17.6 Å². The molecule has 0 N–H and O–H groups in total. The number of unbranched alkanes of at least 4 members (excludes halogenated alkanes) is 1. The Morgan fingerprint density at radius 3 is 2.38 bits per heavy atom. The van der Waals surface area contributed by atoms with Crippen molar-refractivity contribution in [2.75, 3.05) is 0 Å². The third-order valence-corrected chi connectivity index (χ3v) is 7.72. The normalized spacial score (nSPS) is 17.0. The molecule has 0 spiro atoms. The number of hydrogen-bond acceptors (Lipinski definition) is 2. The van der Waals surface area contributed by atoms with Gasteiger partial charge in [0.2, 0.25) is 0 Å². The molecule has 3 aromatic carbocycles. The molecule has 2 nitrogen and oxygen atoms in total. The van der Waals surface area contributed by atoms with E-state index in [1.54, 1.807) is 0 Å². The molecule has 1 aliphatic rings. The van der Waals surface area contributed by atoms with Crippen LogP contribution >= 0.6 is 0 Å². The number of halogens is 1. The van der Waals surface area contributed by atoms with E-state index in [-0.39, 0.29) is 23.4 Å². The predicted molar refractivity (Wildman–Crippen MR) is 149 cm³/mol. The van der Waals surface area contributed by atoms with E-state index in [0.717, 1.165) is 54.4 Å². The minimum atomic E-state index is -0.257. The van der Waals surface area contributed by atoms with Crippen molar-refractivity contribution < 1.29 is 14.0 Å². The summed E-state index contributed by atoms with van der Waals surface area (Å²) in [5.74, 6) is 0.120. The van der Waals surface area contributed by atoms with E-state index >= 15 is 0 Å². The van der Waals surface area contributed by atoms with Crippen molar-refractivity contribution in [3.63, 3.8) is 0 Å². The zero-order chi connectivity index (χ0) is 26.4. The van der Waals surface area contributed by atoms with Gasteiger partial charge >= 0.3 is 0 Å². The lowest BCUT2D eigenvalue weighted by molar-refractivity contribution is -0.119. The van der Waals surface area contributed by atoms with Crippen molar-refractivity contribution in [1.29, 1.82) is 0 Å². The third-order valence-electron chi connectivity index (χ3n) is 7.72. The van der Waals surface area contributed by atoms with Crippen LogP contribution in [0.5, 0.6) is 0 Å². The van der Waals surface area contributed by atoms with Crippen LogP contribution < -0.4 is 0 Å². The number of rotatable bonds is 11. The Hall–Kier alpha value is -3.33. The smallest absolute Gasteiger partial charge is 0.189 e. The van der Waals surface area contributed by atoms with E-state index in [1.165, 1.54) is 28.8 Å². The monoisotopic (exact) mass is 496 g/mol. The molecule has 0 amide bonds. The average Bonchev–Trinajstić information content (AvgIpc) is 3.36. The summed E-state index contributed by atoms with van der Waals surface area (Å²) in [6, 6.07) is 20.7. The van der Waals surface area contributed by atoms with Gasteiger partial charge in [0.1, 0.15) is 11.6 Å². The first kappa shape index (κ1) is 26.7. The van der Waals surface area contributed by atoms with Crippen LogP contribution in [0.25, 0.3) is 0 Å². The van der Waals surface area contributed by atoms with Gasteiger partial charge in [0.25, 0.3) is 0 Å². The molecule has 4 rings (SSSR count). The molecule has 0 radical (unpaired) electrons. The molecule has 3 aromatic rings. The first-order valence-electron chi connectivity index (χ1n) is 13.6. The fourth-order valence-corrected chi connectivity index (χ4v) is 5.66. The molecule has 1 aliphatic carbocycles. The molecule has 0 fully saturated rings. The van der Waals surface area contributed by atoms with Gasteiger partial charge in [-0.1, -0.05) is 80.9 Å². The molecule has 0 saturated heterocycles. The van der Waals surface area contributed by atoms with E-state index in [0.29, 0.717) is 18.6 Å². The summed E-state index contributed by atoms with van der Waals surface area (Å²) < 4.78 is 13.6. The summed E-state index contributed by atoms with van der Waals surface area (Å²) in [5.41, 5.74) is 7.17. The molecule has 0 aromatic heterocycles. The van der Waals surface area contributed by atoms with Gasteiger partial charge in [0.15, 0.2) is 5.78 Å². The minimum absolute atomic E-state index is 0.0394. The predicted octanol–water partition coefficient (Wildman–Crippen LogP) is 8.47. The second kappa shape index (κ2) is 12.3. The number of hydrogen-bond donors (Lipinski definition) is 0. The summed E-state index contributed by atoms with van der Waals surface area (Å²) in [6.45, 7) is 6.24. The molecule has 2 unspecified atom stereocenters. The fourth-order valence-electron chi connectivity index (χ4n) is 5.66. The van der Waals surface area contributed by atoms with Crippen LogP contribution in [0.4, 0.5) is 4.39 Å². The first-order chi connectivity index (χ1) is 17.9. The van der Waals surface area contributed by atoms with Gasteiger partial charge in [-0.2, -0.15) is 0 Å². The van der Waals surface area contributed by atoms with Crippen molar-refractivity contribution in [2.24, 2.45) is 0 Å². The standard InChI is InChI=1S/C34H37FO2/c1-4-6-12-28(36)20-17-25-11-9-14-31(29(25)5-2)32-21-26(24-15-18-27(35)19-16-24)22-33(32)34(37)30-13-8-7-10-23(30)3/h7-11,13-16,18-19,22,26,32H,4-6,12,17,20-21H2,1-3H3. The number of aryl methyl sites for hydroxylation is 2. The minimum Gasteiger partial charge on any atom is -0.300 e. The highest BCUT2D eigenvalue weighted by Crippen LogP contribution is 2.46. The van der Waals surface area contributed by atoms with Crippen LogP contribution in [0.1, 0.15) is 96.0 Å². The van der Waals surface area contributed by atoms with Crippen molar-refractivity contribution in [2.45, 2.75) is 77.6 Å². The van der Waals surface area contributed by atoms with Crippen molar-refractivity contribution in [1.82, 2.24) is 0 Å². The number of carbonyl (C=O) groups is 2. The van der Waals surface area contributed by atoms with Gasteiger partial charge in [0, 0.05) is 35.8 Å². The van der Waals surface area contributed by atoms with Gasteiger partial charge in [-0.25, -0.2) is 4.39 Å². The molecule has 0 heterocycles. The molecule has 0 aliphatic heterocycles. The molecule has 0 saturated carbocycles. The van der Waals surface area contributed by atoms with Crippen molar-refractivity contribution in [3.05, 3.63) is 118 Å². The van der Waals surface area contributed by atoms with E-state index in [1.807, 2.05) is 43.3 Å². The average molecular weight is 497 g/mol. The lowest BCUT2D eigenvalue weighted by atomic mass is 9.81. The molecular formula is C34H37FO2. The molecular weight excluding hydrogens is 459 g/mol. The zero-order valence-electron chi connectivity index (χ0n) is 22.2. The summed E-state index contributed by atoms with van der Waals surface area (Å²) >= 11 is 0. The van der Waals surface area contributed by atoms with Crippen LogP contribution in [0.15, 0.2) is 78.4 Å². The summed E-state index contributed by atoms with van der Waals surface area (Å²) in [5, 5.41) is 0. The van der Waals surface area contributed by atoms with E-state index in [4.69, 9.17) is 0 Å². The maximum atomic E-state index is 13.9. The molecule has 37 heavy (non-hydrogen) atoms. The third kappa shape index (κ3) is 6.15. The Labute approximate surface area is 220 Å². The number of allylic oxidation sites excluding steroid dienone is 2. The van der Waals surface area contributed by atoms with E-state index < -0.39 is 0 Å². The van der Waals surface area contributed by atoms with Gasteiger partial charge in [-0.15, -0.1) is 0 Å². The van der Waals surface area contributed by atoms with E-state index in [2.05, 4.69) is 38.1 Å². The Balaban J connectivity index is 1.71. The fraction of sp³-hybridized carbons (Fsp3) is 0.353. The number of benzene rings is 3. The Kier molecular flexibility index (Phi) is 8.87. The molecule has 2 atom stereocenters. The van der Waals surface area contributed by atoms with Crippen molar-refractivity contribution >= 4 is 11.6 Å². The Bertz CT molecular complexity index is 1290. The molecule has 0 bridgehead atoms. The molecule has 192 valence electrons. The Morgan fingerprint density at radius 1 is 0.919 bits per heavy atom. The van der Waals surface area contributed by atoms with E-state index in [9.17, 15) is 14.0 Å². The SMILES string of the molecule is CCCCC(=O)CCc1cccc(C2CC(c3ccc(F)cc3)C=C2C(=O)c2ccccc2C)c1CC. The van der Waals surface area contributed by atoms with Crippen LogP contribution in [-0.4, -0.2) is 11.6 Å². The van der Waals surface area contributed by atoms with Gasteiger partial charge in [-0.05, 0) is 72.6 Å². The first-order valence-corrected chi connectivity index (χ1v) is 13.6. The quantitative estimate of drug-likeness (QED) is 0.250. The van der Waals surface area contributed by atoms with Crippen LogP contribution in [0.3, 0.4) is 0 Å². The van der Waals surface area contributed by atoms with Crippen LogP contribution in [0.2, 0.25) is 0 Å². The lowest BCUT2D eigenvalue weighted by Crippen LogP contribution is -2.13. The highest BCUT2D eigenvalue weighted by Gasteiger charge is 2.34. The maximum Gasteiger partial charge on any atom is 0.189 e. The summed E-state index contributed by atoms with van der Waals surface area (Å²) in [6.07, 6.45) is 7.64. The topological polar surface area (TPSA) is 34.1 Å². The Morgan fingerprint density at radius 2 is 1.68 bits per heavy atom. The van der Waals surface area contributed by atoms with Gasteiger partial charge in [-0.3, -0.25) is 9.59 Å². The zero-order valence-corrected chi connectivity index (χ0v) is 22.2. The van der Waals surface area contributed by atoms with Gasteiger partial charge in [0.05, 0.1) is 0 Å². The highest BCUT2D eigenvalue weighted by atomic mass is 19.1. The van der Waals surface area contributed by atoms with Crippen LogP contribution in [0, 0.1) is 12.7 Å². The number of ketones is 2. The summed E-state index contributed by atoms with van der Waals surface area (Å²) in [7, 11) is 0. The summed E-state index contributed by atoms with van der Waals surface area (Å²) in [4.78, 5) is 26.3. The highest BCUT2D eigenvalue weighted by molar-refractivity contribution is 6.11. The second-order valence-electron chi connectivity index (χ2n) is 10.2.